The fraction of sp³-hybridized carbons (Fsp3) is 0.292. The molecule has 2 heterocycles. The summed E-state index contributed by atoms with van der Waals surface area (Å²) in [6.07, 6.45) is 0. The van der Waals surface area contributed by atoms with E-state index in [1.54, 1.807) is 24.3 Å². The Kier molecular flexibility index (Phi) is 7.28. The fourth-order valence-electron chi connectivity index (χ4n) is 3.41. The smallest absolute Gasteiger partial charge is 0.337 e. The Bertz CT molecular complexity index is 1430. The van der Waals surface area contributed by atoms with Crippen molar-refractivity contribution in [2.75, 3.05) is 40.3 Å². The Morgan fingerprint density at radius 2 is 1.71 bits per heavy atom. The summed E-state index contributed by atoms with van der Waals surface area (Å²) >= 11 is 0. The number of aromatic nitrogens is 5. The molecule has 0 unspecified atom stereocenters. The number of benzene rings is 2. The van der Waals surface area contributed by atoms with Crippen LogP contribution < -0.4 is 21.3 Å². The van der Waals surface area contributed by atoms with E-state index in [0.29, 0.717) is 23.6 Å². The van der Waals surface area contributed by atoms with Crippen LogP contribution in [0, 0.1) is 5.82 Å². The van der Waals surface area contributed by atoms with E-state index >= 15 is 0 Å². The molecule has 0 bridgehead atoms. The number of rotatable bonds is 9. The van der Waals surface area contributed by atoms with Gasteiger partial charge in [0.2, 0.25) is 0 Å². The molecular formula is C24H26FN7O3. The van der Waals surface area contributed by atoms with E-state index in [1.807, 2.05) is 14.1 Å². The van der Waals surface area contributed by atoms with Crippen molar-refractivity contribution < 1.29 is 9.13 Å². The first-order chi connectivity index (χ1) is 16.8. The van der Waals surface area contributed by atoms with Gasteiger partial charge in [-0.05, 0) is 62.6 Å². The first kappa shape index (κ1) is 24.2. The summed E-state index contributed by atoms with van der Waals surface area (Å²) in [6.45, 7) is 3.10. The third-order valence-corrected chi connectivity index (χ3v) is 5.35. The molecule has 0 aliphatic heterocycles. The quantitative estimate of drug-likeness (QED) is 0.357. The molecular weight excluding hydrogens is 453 g/mol. The summed E-state index contributed by atoms with van der Waals surface area (Å²) in [5.74, 6) is 0.476. The SMILES string of the molecule is CN(C)CCNCCOc1ccc(-c2nnc3c(n2)c(=O)n(C)c(=O)n3-c2ccc(F)cc2)cc1. The number of hydrogen-bond donors (Lipinski definition) is 1. The fourth-order valence-corrected chi connectivity index (χ4v) is 3.41. The summed E-state index contributed by atoms with van der Waals surface area (Å²) in [6, 6.07) is 12.4. The molecule has 0 radical (unpaired) electrons. The minimum Gasteiger partial charge on any atom is -0.492 e. The zero-order valence-electron chi connectivity index (χ0n) is 19.7. The van der Waals surface area contributed by atoms with E-state index in [2.05, 4.69) is 25.4 Å². The largest absolute Gasteiger partial charge is 0.492 e. The Morgan fingerprint density at radius 1 is 1.00 bits per heavy atom. The molecule has 4 rings (SSSR count). The number of ether oxygens (including phenoxy) is 1. The second-order valence-corrected chi connectivity index (χ2v) is 8.19. The molecule has 10 nitrogen and oxygen atoms in total. The summed E-state index contributed by atoms with van der Waals surface area (Å²) in [7, 11) is 5.40. The van der Waals surface area contributed by atoms with Gasteiger partial charge in [-0.25, -0.2) is 18.7 Å². The Morgan fingerprint density at radius 3 is 2.40 bits per heavy atom. The van der Waals surface area contributed by atoms with E-state index in [0.717, 1.165) is 24.2 Å². The normalized spacial score (nSPS) is 11.3. The van der Waals surface area contributed by atoms with Crippen molar-refractivity contribution in [2.24, 2.45) is 7.05 Å². The Hall–Kier alpha value is -3.96. The van der Waals surface area contributed by atoms with E-state index in [1.165, 1.54) is 35.9 Å². The topological polar surface area (TPSA) is 107 Å². The van der Waals surface area contributed by atoms with Crippen LogP contribution in [0.5, 0.6) is 5.75 Å². The van der Waals surface area contributed by atoms with Gasteiger partial charge in [0, 0.05) is 32.2 Å². The molecule has 0 spiro atoms. The lowest BCUT2D eigenvalue weighted by Crippen LogP contribution is -2.38. The Labute approximate surface area is 200 Å². The van der Waals surface area contributed by atoms with E-state index < -0.39 is 17.1 Å². The average molecular weight is 480 g/mol. The minimum absolute atomic E-state index is 0.00446. The minimum atomic E-state index is -0.629. The van der Waals surface area contributed by atoms with Gasteiger partial charge in [0.1, 0.15) is 18.2 Å². The molecule has 0 saturated carbocycles. The second kappa shape index (κ2) is 10.5. The molecule has 0 amide bonds. The number of hydrogen-bond acceptors (Lipinski definition) is 8. The van der Waals surface area contributed by atoms with Crippen LogP contribution in [0.15, 0.2) is 58.1 Å². The monoisotopic (exact) mass is 479 g/mol. The van der Waals surface area contributed by atoms with E-state index in [4.69, 9.17) is 4.74 Å². The van der Waals surface area contributed by atoms with Crippen LogP contribution >= 0.6 is 0 Å². The highest BCUT2D eigenvalue weighted by molar-refractivity contribution is 5.73. The van der Waals surface area contributed by atoms with Crippen molar-refractivity contribution in [3.8, 4) is 22.8 Å². The maximum Gasteiger partial charge on any atom is 0.337 e. The number of fused-ring (bicyclic) bond motifs is 1. The molecule has 182 valence electrons. The Balaban J connectivity index is 1.57. The van der Waals surface area contributed by atoms with Crippen LogP contribution in [0.1, 0.15) is 0 Å². The average Bonchev–Trinajstić information content (AvgIpc) is 2.86. The van der Waals surface area contributed by atoms with Gasteiger partial charge in [-0.2, -0.15) is 0 Å². The summed E-state index contributed by atoms with van der Waals surface area (Å²) in [5.41, 5.74) is -0.270. The van der Waals surface area contributed by atoms with Crippen molar-refractivity contribution in [2.45, 2.75) is 0 Å². The molecule has 0 atom stereocenters. The molecule has 0 fully saturated rings. The molecule has 0 aliphatic carbocycles. The number of nitrogens with zero attached hydrogens (tertiary/aromatic N) is 6. The summed E-state index contributed by atoms with van der Waals surface area (Å²) in [5, 5.41) is 11.6. The number of halogens is 1. The van der Waals surface area contributed by atoms with Gasteiger partial charge in [-0.3, -0.25) is 9.36 Å². The standard InChI is InChI=1S/C24H26FN7O3/c1-30(2)14-12-26-13-15-35-19-10-4-16(5-11-19)21-27-20-22(29-28-21)32(24(34)31(3)23(20)33)18-8-6-17(25)7-9-18/h4-11,26H,12-15H2,1-3H3. The van der Waals surface area contributed by atoms with Crippen LogP contribution in [0.2, 0.25) is 0 Å². The highest BCUT2D eigenvalue weighted by atomic mass is 19.1. The maximum absolute atomic E-state index is 13.4. The van der Waals surface area contributed by atoms with Crippen molar-refractivity contribution in [1.29, 1.82) is 0 Å². The van der Waals surface area contributed by atoms with Crippen LogP contribution in [-0.2, 0) is 7.05 Å². The van der Waals surface area contributed by atoms with Crippen molar-refractivity contribution >= 4 is 11.2 Å². The van der Waals surface area contributed by atoms with Crippen molar-refractivity contribution in [3.05, 3.63) is 75.2 Å². The van der Waals surface area contributed by atoms with Gasteiger partial charge < -0.3 is 15.0 Å². The van der Waals surface area contributed by atoms with Gasteiger partial charge in [0.15, 0.2) is 17.0 Å². The van der Waals surface area contributed by atoms with Gasteiger partial charge in [0.25, 0.3) is 5.56 Å². The lowest BCUT2D eigenvalue weighted by molar-refractivity contribution is 0.308. The molecule has 11 heteroatoms. The maximum atomic E-state index is 13.4. The molecule has 2 aromatic heterocycles. The number of likely N-dealkylation sites (N-methyl/N-ethyl adjacent to an activating group) is 1. The van der Waals surface area contributed by atoms with Crippen LogP contribution in [-0.4, -0.2) is 69.6 Å². The van der Waals surface area contributed by atoms with E-state index in [9.17, 15) is 14.0 Å². The molecule has 0 aliphatic rings. The van der Waals surface area contributed by atoms with Crippen molar-refractivity contribution in [1.82, 2.24) is 34.5 Å². The molecule has 2 aromatic carbocycles. The first-order valence-electron chi connectivity index (χ1n) is 11.1. The van der Waals surface area contributed by atoms with Gasteiger partial charge in [-0.1, -0.05) is 0 Å². The van der Waals surface area contributed by atoms with E-state index in [-0.39, 0.29) is 17.0 Å². The van der Waals surface area contributed by atoms with Gasteiger partial charge >= 0.3 is 5.69 Å². The predicted octanol–water partition coefficient (Wildman–Crippen LogP) is 1.21. The molecule has 1 N–H and O–H groups in total. The van der Waals surface area contributed by atoms with Crippen molar-refractivity contribution in [3.63, 3.8) is 0 Å². The lowest BCUT2D eigenvalue weighted by Gasteiger charge is -2.12. The lowest BCUT2D eigenvalue weighted by atomic mass is 10.2. The predicted molar refractivity (Wildman–Crippen MR) is 130 cm³/mol. The third kappa shape index (κ3) is 5.42. The molecule has 0 saturated heterocycles. The van der Waals surface area contributed by atoms with Gasteiger partial charge in [-0.15, -0.1) is 10.2 Å². The van der Waals surface area contributed by atoms with Gasteiger partial charge in [0.05, 0.1) is 5.69 Å². The second-order valence-electron chi connectivity index (χ2n) is 8.19. The third-order valence-electron chi connectivity index (χ3n) is 5.35. The summed E-state index contributed by atoms with van der Waals surface area (Å²) < 4.78 is 21.2. The number of nitrogens with one attached hydrogen (secondary N) is 1. The zero-order valence-corrected chi connectivity index (χ0v) is 19.7. The highest BCUT2D eigenvalue weighted by Crippen LogP contribution is 2.20. The molecule has 4 aromatic rings. The van der Waals surface area contributed by atoms with Crippen LogP contribution in [0.25, 0.3) is 28.2 Å². The zero-order chi connectivity index (χ0) is 24.9. The first-order valence-corrected chi connectivity index (χ1v) is 11.1. The van der Waals surface area contributed by atoms with Crippen LogP contribution in [0.4, 0.5) is 4.39 Å². The summed E-state index contributed by atoms with van der Waals surface area (Å²) in [4.78, 5) is 32.1. The molecule has 35 heavy (non-hydrogen) atoms. The highest BCUT2D eigenvalue weighted by Gasteiger charge is 2.17. The van der Waals surface area contributed by atoms with Crippen LogP contribution in [0.3, 0.4) is 0 Å².